The van der Waals surface area contributed by atoms with Crippen LogP contribution in [0.15, 0.2) is 0 Å². The highest BCUT2D eigenvalue weighted by molar-refractivity contribution is 5.42. The number of carbonyl (C=O) groups is 1. The second-order valence-electron chi connectivity index (χ2n) is 7.78. The van der Waals surface area contributed by atoms with Gasteiger partial charge >= 0.3 is 0 Å². The zero-order chi connectivity index (χ0) is 31.6. The first-order chi connectivity index (χ1) is 19.7. The van der Waals surface area contributed by atoms with Gasteiger partial charge in [-0.3, -0.25) is 4.79 Å². The predicted octanol–water partition coefficient (Wildman–Crippen LogP) is 4.85. The van der Waals surface area contributed by atoms with E-state index in [1.54, 1.807) is 0 Å². The van der Waals surface area contributed by atoms with Crippen LogP contribution < -0.4 is 11.5 Å². The summed E-state index contributed by atoms with van der Waals surface area (Å²) in [6.07, 6.45) is 4.08. The topological polar surface area (TPSA) is 134 Å². The first-order valence-corrected chi connectivity index (χ1v) is 15.6. The van der Waals surface area contributed by atoms with E-state index < -0.39 is 0 Å². The summed E-state index contributed by atoms with van der Waals surface area (Å²) in [6, 6.07) is 0. The molecule has 0 aliphatic heterocycles. The van der Waals surface area contributed by atoms with Crippen molar-refractivity contribution in [3.05, 3.63) is 0 Å². The average molecular weight is 587 g/mol. The number of ether oxygens (including phenoxy) is 7. The Labute approximate surface area is 248 Å². The number of hydrogen-bond donors (Lipinski definition) is 2. The molecule has 0 aromatic rings. The molecule has 248 valence electrons. The summed E-state index contributed by atoms with van der Waals surface area (Å²) in [5.74, 6) is 0. The van der Waals surface area contributed by atoms with Gasteiger partial charge in [0.25, 0.3) is 0 Å². The molecule has 0 fully saturated rings. The SMILES string of the molecule is CC.CC.CC.CCCOCC(CCOCCOCCOCCOCCN)(COCCC)COCCC.NC=O. The van der Waals surface area contributed by atoms with Crippen LogP contribution in [0.2, 0.25) is 0 Å². The third-order valence-electron chi connectivity index (χ3n) is 4.43. The minimum absolute atomic E-state index is 0.180. The normalized spacial score (nSPS) is 10.1. The number of nitrogens with two attached hydrogens (primary N) is 2. The largest absolute Gasteiger partial charge is 0.381 e. The minimum Gasteiger partial charge on any atom is -0.381 e. The molecule has 0 unspecified atom stereocenters. The Morgan fingerprint density at radius 3 is 1.05 bits per heavy atom. The molecule has 1 amide bonds. The van der Waals surface area contributed by atoms with Gasteiger partial charge in [0, 0.05) is 38.4 Å². The molecule has 0 atom stereocenters. The number of amides is 1. The Morgan fingerprint density at radius 1 is 0.500 bits per heavy atom. The molecule has 10 heteroatoms. The molecule has 0 spiro atoms. The van der Waals surface area contributed by atoms with Gasteiger partial charge in [0.15, 0.2) is 0 Å². The summed E-state index contributed by atoms with van der Waals surface area (Å²) in [7, 11) is 0. The molecule has 40 heavy (non-hydrogen) atoms. The zero-order valence-electron chi connectivity index (χ0n) is 27.9. The second kappa shape index (κ2) is 50.9. The molecule has 0 rings (SSSR count). The van der Waals surface area contributed by atoms with Gasteiger partial charge in [-0.25, -0.2) is 0 Å². The second-order valence-corrected chi connectivity index (χ2v) is 7.78. The Morgan fingerprint density at radius 2 is 0.775 bits per heavy atom. The lowest BCUT2D eigenvalue weighted by Crippen LogP contribution is -2.39. The summed E-state index contributed by atoms with van der Waals surface area (Å²) < 4.78 is 39.7. The molecule has 0 radical (unpaired) electrons. The smallest absolute Gasteiger partial charge is 0.204 e. The van der Waals surface area contributed by atoms with Gasteiger partial charge in [-0.05, 0) is 25.7 Å². The van der Waals surface area contributed by atoms with Gasteiger partial charge in [0.1, 0.15) is 0 Å². The van der Waals surface area contributed by atoms with Crippen LogP contribution in [0.5, 0.6) is 0 Å². The van der Waals surface area contributed by atoms with E-state index in [1.807, 2.05) is 41.5 Å². The number of hydrogen-bond acceptors (Lipinski definition) is 9. The van der Waals surface area contributed by atoms with E-state index in [-0.39, 0.29) is 11.8 Å². The van der Waals surface area contributed by atoms with E-state index >= 15 is 0 Å². The summed E-state index contributed by atoms with van der Waals surface area (Å²) >= 11 is 0. The molecule has 0 bridgehead atoms. The van der Waals surface area contributed by atoms with Crippen molar-refractivity contribution in [3.63, 3.8) is 0 Å². The highest BCUT2D eigenvalue weighted by atomic mass is 16.6. The van der Waals surface area contributed by atoms with Gasteiger partial charge in [0.2, 0.25) is 6.41 Å². The fourth-order valence-corrected chi connectivity index (χ4v) is 2.77. The van der Waals surface area contributed by atoms with E-state index in [1.165, 1.54) is 0 Å². The summed E-state index contributed by atoms with van der Waals surface area (Å²) in [6.45, 7) is 27.5. The first kappa shape index (κ1) is 48.9. The van der Waals surface area contributed by atoms with E-state index in [2.05, 4.69) is 26.5 Å². The fourth-order valence-electron chi connectivity index (χ4n) is 2.77. The van der Waals surface area contributed by atoms with Crippen LogP contribution in [-0.2, 0) is 38.0 Å². The molecule has 0 heterocycles. The van der Waals surface area contributed by atoms with Crippen molar-refractivity contribution in [1.29, 1.82) is 0 Å². The zero-order valence-corrected chi connectivity index (χ0v) is 27.9. The van der Waals surface area contributed by atoms with E-state index in [9.17, 15) is 0 Å². The molecule has 0 aliphatic rings. The van der Waals surface area contributed by atoms with Gasteiger partial charge in [0.05, 0.1) is 66.1 Å². The van der Waals surface area contributed by atoms with Gasteiger partial charge in [-0.15, -0.1) is 0 Å². The van der Waals surface area contributed by atoms with Crippen molar-refractivity contribution >= 4 is 6.41 Å². The lowest BCUT2D eigenvalue weighted by atomic mass is 9.87. The lowest BCUT2D eigenvalue weighted by molar-refractivity contribution is -0.106. The molecular weight excluding hydrogens is 516 g/mol. The van der Waals surface area contributed by atoms with Crippen molar-refractivity contribution < 1.29 is 38.0 Å². The molecule has 0 aliphatic carbocycles. The Balaban J connectivity index is -0.000000404. The molecule has 0 aromatic carbocycles. The Bertz CT molecular complexity index is 368. The van der Waals surface area contributed by atoms with Crippen LogP contribution in [0.4, 0.5) is 0 Å². The maximum absolute atomic E-state index is 8.58. The quantitative estimate of drug-likeness (QED) is 0.108. The Kier molecular flexibility index (Phi) is 62.2. The average Bonchev–Trinajstić information content (AvgIpc) is 2.99. The maximum Gasteiger partial charge on any atom is 0.204 e. The minimum atomic E-state index is -0.180. The van der Waals surface area contributed by atoms with Crippen molar-refractivity contribution in [2.75, 3.05) is 99.0 Å². The molecule has 0 saturated heterocycles. The van der Waals surface area contributed by atoms with Crippen LogP contribution in [0.25, 0.3) is 0 Å². The third-order valence-corrected chi connectivity index (χ3v) is 4.43. The third kappa shape index (κ3) is 44.2. The monoisotopic (exact) mass is 587 g/mol. The van der Waals surface area contributed by atoms with Gasteiger partial charge in [-0.2, -0.15) is 0 Å². The van der Waals surface area contributed by atoms with Gasteiger partial charge in [-0.1, -0.05) is 62.3 Å². The van der Waals surface area contributed by atoms with Crippen LogP contribution in [0.3, 0.4) is 0 Å². The molecule has 0 saturated carbocycles. The molecule has 0 aromatic heterocycles. The van der Waals surface area contributed by atoms with Crippen molar-refractivity contribution in [2.24, 2.45) is 16.9 Å². The van der Waals surface area contributed by atoms with E-state index in [4.69, 9.17) is 43.7 Å². The van der Waals surface area contributed by atoms with Crippen molar-refractivity contribution in [2.45, 2.75) is 88.0 Å². The number of carbonyl (C=O) groups excluding carboxylic acids is 1. The standard InChI is InChI=1S/C23H49NO7.3C2H6.CH3NO/c1-4-9-29-20-23(21-30-10-5-2,22-31-11-6-3)7-12-25-14-16-27-18-19-28-17-15-26-13-8-24;3*1-2;2-1-3/h4-22,24H2,1-3H3;3*1-2H3;1H,(H2,2,3). The number of rotatable bonds is 26. The summed E-state index contributed by atoms with van der Waals surface area (Å²) in [5.41, 5.74) is 9.33. The van der Waals surface area contributed by atoms with E-state index in [0.717, 1.165) is 45.5 Å². The van der Waals surface area contributed by atoms with Crippen molar-refractivity contribution in [3.8, 4) is 0 Å². The van der Waals surface area contributed by atoms with Crippen LogP contribution >= 0.6 is 0 Å². The van der Waals surface area contributed by atoms with Crippen molar-refractivity contribution in [1.82, 2.24) is 0 Å². The predicted molar refractivity (Wildman–Crippen MR) is 167 cm³/mol. The summed E-state index contributed by atoms with van der Waals surface area (Å²) in [5, 5.41) is 0. The first-order valence-electron chi connectivity index (χ1n) is 15.6. The molecular formula is C30H70N2O8. The van der Waals surface area contributed by atoms with E-state index in [0.29, 0.717) is 79.2 Å². The van der Waals surface area contributed by atoms with Crippen LogP contribution in [0.1, 0.15) is 88.0 Å². The molecule has 10 nitrogen and oxygen atoms in total. The van der Waals surface area contributed by atoms with Crippen LogP contribution in [0, 0.1) is 5.41 Å². The lowest BCUT2D eigenvalue weighted by Gasteiger charge is -2.33. The molecule has 4 N–H and O–H groups in total. The highest BCUT2D eigenvalue weighted by Gasteiger charge is 2.31. The highest BCUT2D eigenvalue weighted by Crippen LogP contribution is 2.25. The number of primary amides is 1. The van der Waals surface area contributed by atoms with Crippen LogP contribution in [-0.4, -0.2) is 105 Å². The Hall–Kier alpha value is -0.850. The van der Waals surface area contributed by atoms with Gasteiger partial charge < -0.3 is 44.6 Å². The fraction of sp³-hybridized carbons (Fsp3) is 0.967. The maximum atomic E-state index is 8.58. The summed E-state index contributed by atoms with van der Waals surface area (Å²) in [4.78, 5) is 8.58.